The molecular weight excluding hydrogens is 308 g/mol. The Labute approximate surface area is 149 Å². The van der Waals surface area contributed by atoms with E-state index < -0.39 is 0 Å². The molecule has 2 fully saturated rings. The van der Waals surface area contributed by atoms with E-state index in [1.165, 1.54) is 29.5 Å². The normalized spacial score (nSPS) is 36.4. The van der Waals surface area contributed by atoms with Crippen LogP contribution in [0.4, 0.5) is 0 Å². The fraction of sp³-hybridized carbons (Fsp3) is 0.478. The molecule has 2 N–H and O–H groups in total. The predicted molar refractivity (Wildman–Crippen MR) is 98.7 cm³/mol. The van der Waals surface area contributed by atoms with Gasteiger partial charge in [-0.15, -0.1) is 0 Å². The number of aliphatic hydroxyl groups excluding tert-OH is 1. The third-order valence-corrected chi connectivity index (χ3v) is 7.27. The predicted octanol–water partition coefficient (Wildman–Crippen LogP) is 4.61. The van der Waals surface area contributed by atoms with Crippen LogP contribution < -0.4 is 0 Å². The zero-order valence-electron chi connectivity index (χ0n) is 14.5. The molecular formula is C23H26O2. The van der Waals surface area contributed by atoms with Gasteiger partial charge in [0, 0.05) is 0 Å². The Morgan fingerprint density at radius 2 is 1.60 bits per heavy atom. The molecule has 0 bridgehead atoms. The molecule has 3 aliphatic rings. The zero-order valence-corrected chi connectivity index (χ0v) is 14.5. The first-order valence-corrected chi connectivity index (χ1v) is 9.77. The van der Waals surface area contributed by atoms with E-state index in [4.69, 9.17) is 0 Å². The van der Waals surface area contributed by atoms with Gasteiger partial charge in [0.25, 0.3) is 0 Å². The molecule has 0 saturated heterocycles. The van der Waals surface area contributed by atoms with Gasteiger partial charge in [0.1, 0.15) is 5.75 Å². The van der Waals surface area contributed by atoms with Crippen molar-refractivity contribution in [1.82, 2.24) is 0 Å². The van der Waals surface area contributed by atoms with Crippen LogP contribution in [-0.4, -0.2) is 16.3 Å². The molecule has 0 unspecified atom stereocenters. The van der Waals surface area contributed by atoms with Gasteiger partial charge in [-0.2, -0.15) is 0 Å². The summed E-state index contributed by atoms with van der Waals surface area (Å²) in [7, 11) is 0. The molecule has 3 aliphatic carbocycles. The van der Waals surface area contributed by atoms with Crippen molar-refractivity contribution in [1.29, 1.82) is 0 Å². The molecule has 2 aromatic carbocycles. The topological polar surface area (TPSA) is 40.5 Å². The number of phenolic OH excluding ortho intramolecular Hbond substituents is 1. The minimum atomic E-state index is -0.0939. The van der Waals surface area contributed by atoms with E-state index in [2.05, 4.69) is 36.4 Å². The van der Waals surface area contributed by atoms with Gasteiger partial charge in [0.2, 0.25) is 0 Å². The molecule has 5 rings (SSSR count). The van der Waals surface area contributed by atoms with Crippen LogP contribution in [0.2, 0.25) is 0 Å². The second kappa shape index (κ2) is 5.88. The highest BCUT2D eigenvalue weighted by molar-refractivity contribution is 5.43. The average molecular weight is 334 g/mol. The second-order valence-electron chi connectivity index (χ2n) is 8.34. The maximum absolute atomic E-state index is 10.5. The lowest BCUT2D eigenvalue weighted by molar-refractivity contribution is 0.0487. The van der Waals surface area contributed by atoms with Gasteiger partial charge in [-0.1, -0.05) is 36.4 Å². The van der Waals surface area contributed by atoms with Gasteiger partial charge in [0.15, 0.2) is 0 Å². The fourth-order valence-corrected chi connectivity index (χ4v) is 6.31. The molecule has 0 aliphatic heterocycles. The van der Waals surface area contributed by atoms with E-state index in [0.29, 0.717) is 35.3 Å². The average Bonchev–Trinajstić information content (AvgIpc) is 3.02. The van der Waals surface area contributed by atoms with Crippen LogP contribution in [-0.2, 0) is 6.42 Å². The lowest BCUT2D eigenvalue weighted by Gasteiger charge is -2.49. The van der Waals surface area contributed by atoms with Crippen LogP contribution in [0.15, 0.2) is 48.5 Å². The number of rotatable bonds is 1. The number of aromatic hydroxyl groups is 1. The van der Waals surface area contributed by atoms with Crippen molar-refractivity contribution in [2.75, 3.05) is 0 Å². The molecule has 2 saturated carbocycles. The maximum atomic E-state index is 10.5. The lowest BCUT2D eigenvalue weighted by Crippen LogP contribution is -2.40. The molecule has 0 radical (unpaired) electrons. The van der Waals surface area contributed by atoms with E-state index in [1.807, 2.05) is 12.1 Å². The van der Waals surface area contributed by atoms with Crippen LogP contribution in [0.1, 0.15) is 54.2 Å². The van der Waals surface area contributed by atoms with Gasteiger partial charge in [-0.3, -0.25) is 0 Å². The van der Waals surface area contributed by atoms with E-state index >= 15 is 0 Å². The Morgan fingerprint density at radius 3 is 2.44 bits per heavy atom. The SMILES string of the molecule is Oc1ccc2c(c1)C[C@H](c1ccccc1)[C@H]1[C@@H]3CC[C@H](O)[C@H]3CC[C@H]21. The van der Waals surface area contributed by atoms with Crippen LogP contribution in [0.5, 0.6) is 5.75 Å². The summed E-state index contributed by atoms with van der Waals surface area (Å²) >= 11 is 0. The van der Waals surface area contributed by atoms with Crippen molar-refractivity contribution < 1.29 is 10.2 Å². The van der Waals surface area contributed by atoms with Crippen molar-refractivity contribution in [2.24, 2.45) is 17.8 Å². The molecule has 2 nitrogen and oxygen atoms in total. The summed E-state index contributed by atoms with van der Waals surface area (Å²) in [5.41, 5.74) is 4.20. The summed E-state index contributed by atoms with van der Waals surface area (Å²) in [4.78, 5) is 0. The Kier molecular flexibility index (Phi) is 3.63. The van der Waals surface area contributed by atoms with Crippen molar-refractivity contribution in [3.05, 3.63) is 65.2 Å². The van der Waals surface area contributed by atoms with E-state index in [9.17, 15) is 10.2 Å². The molecule has 0 amide bonds. The number of fused-ring (bicyclic) bond motifs is 5. The Hall–Kier alpha value is -1.80. The lowest BCUT2D eigenvalue weighted by atomic mass is 9.56. The summed E-state index contributed by atoms with van der Waals surface area (Å²) in [5, 5.41) is 20.5. The van der Waals surface area contributed by atoms with Crippen molar-refractivity contribution in [3.63, 3.8) is 0 Å². The van der Waals surface area contributed by atoms with Gasteiger partial charge < -0.3 is 10.2 Å². The Morgan fingerprint density at radius 1 is 0.800 bits per heavy atom. The number of aliphatic hydroxyl groups is 1. The monoisotopic (exact) mass is 334 g/mol. The number of phenols is 1. The fourth-order valence-electron chi connectivity index (χ4n) is 6.31. The van der Waals surface area contributed by atoms with Gasteiger partial charge in [0.05, 0.1) is 6.10 Å². The summed E-state index contributed by atoms with van der Waals surface area (Å²) in [5.74, 6) is 3.20. The standard InChI is InChI=1S/C23H26O2/c24-16-6-7-17-15(12-16)13-21(14-4-2-1-3-5-14)23-19(17)9-8-18-20(23)10-11-22(18)25/h1-7,12,18-25H,8-11,13H2/t18-,19+,20+,21+,22-,23+/m0/s1. The maximum Gasteiger partial charge on any atom is 0.115 e. The third kappa shape index (κ3) is 2.42. The van der Waals surface area contributed by atoms with E-state index in [-0.39, 0.29) is 6.10 Å². The van der Waals surface area contributed by atoms with Crippen LogP contribution in [0, 0.1) is 17.8 Å². The number of hydrogen-bond acceptors (Lipinski definition) is 2. The molecule has 0 spiro atoms. The molecule has 0 aromatic heterocycles. The molecule has 25 heavy (non-hydrogen) atoms. The Bertz CT molecular complexity index is 769. The molecule has 6 atom stereocenters. The van der Waals surface area contributed by atoms with Gasteiger partial charge in [-0.05, 0) is 90.5 Å². The largest absolute Gasteiger partial charge is 0.508 e. The third-order valence-electron chi connectivity index (χ3n) is 7.27. The molecule has 2 heteroatoms. The first-order valence-electron chi connectivity index (χ1n) is 9.77. The Balaban J connectivity index is 1.62. The van der Waals surface area contributed by atoms with Gasteiger partial charge >= 0.3 is 0 Å². The van der Waals surface area contributed by atoms with Crippen molar-refractivity contribution >= 4 is 0 Å². The van der Waals surface area contributed by atoms with Crippen molar-refractivity contribution in [3.8, 4) is 5.75 Å². The summed E-state index contributed by atoms with van der Waals surface area (Å²) in [6.07, 6.45) is 5.38. The summed E-state index contributed by atoms with van der Waals surface area (Å²) in [6.45, 7) is 0. The van der Waals surface area contributed by atoms with Gasteiger partial charge in [-0.25, -0.2) is 0 Å². The van der Waals surface area contributed by atoms with Crippen LogP contribution >= 0.6 is 0 Å². The molecule has 0 heterocycles. The first kappa shape index (κ1) is 15.5. The van der Waals surface area contributed by atoms with Crippen LogP contribution in [0.25, 0.3) is 0 Å². The number of benzene rings is 2. The summed E-state index contributed by atoms with van der Waals surface area (Å²) in [6, 6.07) is 16.9. The first-order chi connectivity index (χ1) is 12.2. The van der Waals surface area contributed by atoms with Crippen LogP contribution in [0.3, 0.4) is 0 Å². The smallest absolute Gasteiger partial charge is 0.115 e. The molecule has 2 aromatic rings. The highest BCUT2D eigenvalue weighted by atomic mass is 16.3. The van der Waals surface area contributed by atoms with E-state index in [0.717, 1.165) is 19.3 Å². The highest BCUT2D eigenvalue weighted by Crippen LogP contribution is 2.59. The van der Waals surface area contributed by atoms with Crippen molar-refractivity contribution in [2.45, 2.75) is 50.0 Å². The second-order valence-corrected chi connectivity index (χ2v) is 8.34. The zero-order chi connectivity index (χ0) is 17.0. The minimum absolute atomic E-state index is 0.0939. The minimum Gasteiger partial charge on any atom is -0.508 e. The quantitative estimate of drug-likeness (QED) is 0.799. The van der Waals surface area contributed by atoms with E-state index in [1.54, 1.807) is 0 Å². The molecule has 130 valence electrons. The highest BCUT2D eigenvalue weighted by Gasteiger charge is 2.50. The number of hydrogen-bond donors (Lipinski definition) is 2. The summed E-state index contributed by atoms with van der Waals surface area (Å²) < 4.78 is 0.